The lowest BCUT2D eigenvalue weighted by Crippen LogP contribution is -2.22. The number of carbonyl (C=O) groups excluding carboxylic acids is 1. The molecule has 0 aromatic carbocycles. The predicted octanol–water partition coefficient (Wildman–Crippen LogP) is 0.260. The van der Waals surface area contributed by atoms with E-state index in [2.05, 4.69) is 10.1 Å². The summed E-state index contributed by atoms with van der Waals surface area (Å²) in [4.78, 5) is 14.4. The summed E-state index contributed by atoms with van der Waals surface area (Å²) in [6, 6.07) is 3.89. The Morgan fingerprint density at radius 3 is 2.95 bits per heavy atom. The van der Waals surface area contributed by atoms with Crippen LogP contribution in [0.3, 0.4) is 0 Å². The van der Waals surface area contributed by atoms with Gasteiger partial charge in [0.15, 0.2) is 12.4 Å². The van der Waals surface area contributed by atoms with E-state index in [1.54, 1.807) is 0 Å². The molecule has 0 aliphatic heterocycles. The number of aliphatic hydroxyl groups excluding tert-OH is 1. The number of aromatic nitrogens is 3. The van der Waals surface area contributed by atoms with Crippen molar-refractivity contribution >= 4 is 6.29 Å². The van der Waals surface area contributed by atoms with Crippen LogP contribution in [0.1, 0.15) is 0 Å². The number of pyridine rings is 1. The first kappa shape index (κ1) is 13.0. The molecule has 19 heavy (non-hydrogen) atoms. The fourth-order valence-electron chi connectivity index (χ4n) is 1.43. The molecule has 0 aliphatic carbocycles. The highest BCUT2D eigenvalue weighted by molar-refractivity contribution is 5.60. The van der Waals surface area contributed by atoms with Crippen LogP contribution in [0.4, 0.5) is 4.39 Å². The second-order valence-corrected chi connectivity index (χ2v) is 3.60. The van der Waals surface area contributed by atoms with Gasteiger partial charge in [0.05, 0.1) is 6.61 Å². The van der Waals surface area contributed by atoms with E-state index in [0.717, 1.165) is 6.07 Å². The van der Waals surface area contributed by atoms with Gasteiger partial charge in [0.2, 0.25) is 11.8 Å². The third-order valence-electron chi connectivity index (χ3n) is 2.30. The van der Waals surface area contributed by atoms with Gasteiger partial charge in [-0.1, -0.05) is 9.94 Å². The third-order valence-corrected chi connectivity index (χ3v) is 2.30. The zero-order chi connectivity index (χ0) is 13.8. The van der Waals surface area contributed by atoms with Crippen LogP contribution in [0.25, 0.3) is 11.3 Å². The summed E-state index contributed by atoms with van der Waals surface area (Å²) in [6.45, 7) is -0.513. The second kappa shape index (κ2) is 5.44. The second-order valence-electron chi connectivity index (χ2n) is 3.60. The quantitative estimate of drug-likeness (QED) is 0.458. The highest BCUT2D eigenvalue weighted by atomic mass is 19.1. The minimum Gasteiger partial charge on any atom is -0.463 e. The molecule has 2 aromatic rings. The van der Waals surface area contributed by atoms with Crippen molar-refractivity contribution in [2.75, 3.05) is 6.61 Å². The minimum absolute atomic E-state index is 0.0686. The number of hydrogen-bond donors (Lipinski definition) is 2. The normalized spacial score (nSPS) is 12.1. The van der Waals surface area contributed by atoms with Crippen molar-refractivity contribution in [1.29, 1.82) is 0 Å². The van der Waals surface area contributed by atoms with Crippen molar-refractivity contribution in [3.8, 4) is 17.1 Å². The van der Waals surface area contributed by atoms with Gasteiger partial charge in [-0.05, 0) is 6.07 Å². The van der Waals surface area contributed by atoms with Gasteiger partial charge in [-0.3, -0.25) is 4.79 Å². The summed E-state index contributed by atoms with van der Waals surface area (Å²) >= 11 is 0. The first-order valence-electron chi connectivity index (χ1n) is 5.28. The molecule has 0 aliphatic rings. The zero-order valence-corrected chi connectivity index (χ0v) is 9.60. The first-order valence-corrected chi connectivity index (χ1v) is 5.28. The van der Waals surface area contributed by atoms with E-state index >= 15 is 0 Å². The average molecular weight is 267 g/mol. The van der Waals surface area contributed by atoms with Gasteiger partial charge in [-0.15, -0.1) is 0 Å². The Morgan fingerprint density at radius 1 is 1.53 bits per heavy atom. The molecule has 0 bridgehead atoms. The molecular weight excluding hydrogens is 257 g/mol. The summed E-state index contributed by atoms with van der Waals surface area (Å²) in [7, 11) is 0. The number of ether oxygens (including phenoxy) is 1. The Balaban J connectivity index is 2.28. The largest absolute Gasteiger partial charge is 0.463 e. The predicted molar refractivity (Wildman–Crippen MR) is 60.2 cm³/mol. The Hall–Kier alpha value is -2.48. The number of nitrogens with zero attached hydrogens (tertiary/aromatic N) is 3. The van der Waals surface area contributed by atoms with Gasteiger partial charge in [0.25, 0.3) is 0 Å². The molecule has 100 valence electrons. The molecule has 0 saturated carbocycles. The van der Waals surface area contributed by atoms with Crippen LogP contribution in [0.5, 0.6) is 5.88 Å². The van der Waals surface area contributed by atoms with Crippen LogP contribution in [0, 0.1) is 5.95 Å². The summed E-state index contributed by atoms with van der Waals surface area (Å²) < 4.78 is 18.0. The van der Waals surface area contributed by atoms with Crippen molar-refractivity contribution in [3.05, 3.63) is 30.3 Å². The van der Waals surface area contributed by atoms with Gasteiger partial charge < -0.3 is 15.1 Å². The monoisotopic (exact) mass is 267 g/mol. The fraction of sp³-hybridized carbons (Fsp3) is 0.182. The molecule has 2 rings (SSSR count). The van der Waals surface area contributed by atoms with E-state index in [9.17, 15) is 14.4 Å². The molecule has 0 saturated heterocycles. The molecule has 7 nitrogen and oxygen atoms in total. The van der Waals surface area contributed by atoms with Crippen LogP contribution in [0.15, 0.2) is 24.4 Å². The van der Waals surface area contributed by atoms with E-state index in [4.69, 9.17) is 9.84 Å². The van der Waals surface area contributed by atoms with Crippen molar-refractivity contribution in [3.63, 3.8) is 0 Å². The zero-order valence-electron chi connectivity index (χ0n) is 9.60. The number of rotatable bonds is 5. The lowest BCUT2D eigenvalue weighted by Gasteiger charge is -2.06. The van der Waals surface area contributed by atoms with Crippen LogP contribution in [0.2, 0.25) is 0 Å². The summed E-state index contributed by atoms with van der Waals surface area (Å²) in [6.07, 6.45) is 0.569. The Labute approximate surface area is 106 Å². The standard InChI is InChI=1S/C11H10FN3O4/c12-10-3-7(1-2-13-10)9-4-11(14-15(9)18)19-8(5-16)6-17/h1-5,8,17-18H,6H2. The third kappa shape index (κ3) is 2.86. The Bertz CT molecular complexity index is 587. The number of hydrogen-bond acceptors (Lipinski definition) is 6. The van der Waals surface area contributed by atoms with Crippen molar-refractivity contribution < 1.29 is 24.2 Å². The van der Waals surface area contributed by atoms with Crippen molar-refractivity contribution in [2.24, 2.45) is 0 Å². The first-order chi connectivity index (χ1) is 9.13. The SMILES string of the molecule is O=CC(CO)Oc1cc(-c2ccnc(F)c2)n(O)n1. The maximum Gasteiger partial charge on any atom is 0.237 e. The molecule has 2 N–H and O–H groups in total. The van der Waals surface area contributed by atoms with Gasteiger partial charge in [0.1, 0.15) is 5.69 Å². The summed E-state index contributed by atoms with van der Waals surface area (Å²) in [5.74, 6) is -0.775. The van der Waals surface area contributed by atoms with Gasteiger partial charge in [0, 0.05) is 23.9 Å². The molecule has 0 fully saturated rings. The molecule has 1 atom stereocenters. The van der Waals surface area contributed by atoms with E-state index in [-0.39, 0.29) is 11.6 Å². The summed E-state index contributed by atoms with van der Waals surface area (Å²) in [5, 5.41) is 22.0. The lowest BCUT2D eigenvalue weighted by molar-refractivity contribution is -0.115. The highest BCUT2D eigenvalue weighted by Gasteiger charge is 2.14. The summed E-state index contributed by atoms with van der Waals surface area (Å²) in [5.41, 5.74) is 0.503. The number of carbonyl (C=O) groups is 1. The fourth-order valence-corrected chi connectivity index (χ4v) is 1.43. The van der Waals surface area contributed by atoms with Gasteiger partial charge in [-0.25, -0.2) is 4.98 Å². The number of aliphatic hydroxyl groups is 1. The average Bonchev–Trinajstić information content (AvgIpc) is 2.77. The van der Waals surface area contributed by atoms with Gasteiger partial charge >= 0.3 is 0 Å². The van der Waals surface area contributed by atoms with Crippen molar-refractivity contribution in [1.82, 2.24) is 14.9 Å². The van der Waals surface area contributed by atoms with E-state index in [1.807, 2.05) is 0 Å². The highest BCUT2D eigenvalue weighted by Crippen LogP contribution is 2.23. The van der Waals surface area contributed by atoms with E-state index in [1.165, 1.54) is 18.3 Å². The van der Waals surface area contributed by atoms with Crippen LogP contribution >= 0.6 is 0 Å². The van der Waals surface area contributed by atoms with Gasteiger partial charge in [-0.2, -0.15) is 4.39 Å². The molecule has 0 radical (unpaired) electrons. The molecule has 2 aromatic heterocycles. The van der Waals surface area contributed by atoms with Crippen LogP contribution in [-0.2, 0) is 4.79 Å². The smallest absolute Gasteiger partial charge is 0.237 e. The topological polar surface area (TPSA) is 97.5 Å². The van der Waals surface area contributed by atoms with E-state index < -0.39 is 18.7 Å². The maximum absolute atomic E-state index is 13.0. The molecule has 2 heterocycles. The maximum atomic E-state index is 13.0. The minimum atomic E-state index is -1.07. The number of halogens is 1. The molecule has 0 spiro atoms. The van der Waals surface area contributed by atoms with E-state index in [0.29, 0.717) is 16.7 Å². The Kier molecular flexibility index (Phi) is 3.71. The van der Waals surface area contributed by atoms with Crippen LogP contribution < -0.4 is 4.74 Å². The van der Waals surface area contributed by atoms with Crippen LogP contribution in [-0.4, -0.2) is 44.2 Å². The number of aldehydes is 1. The Morgan fingerprint density at radius 2 is 2.32 bits per heavy atom. The molecule has 8 heteroatoms. The lowest BCUT2D eigenvalue weighted by atomic mass is 10.2. The van der Waals surface area contributed by atoms with Crippen molar-refractivity contribution in [2.45, 2.75) is 6.10 Å². The molecular formula is C11H10FN3O4. The molecule has 0 amide bonds. The molecule has 1 unspecified atom stereocenters.